The van der Waals surface area contributed by atoms with Crippen LogP contribution in [0.3, 0.4) is 0 Å². The molecule has 0 aromatic carbocycles. The van der Waals surface area contributed by atoms with Crippen molar-refractivity contribution in [1.82, 2.24) is 5.32 Å². The first kappa shape index (κ1) is 46.6. The van der Waals surface area contributed by atoms with Gasteiger partial charge in [-0.15, -0.1) is 0 Å². The van der Waals surface area contributed by atoms with Crippen molar-refractivity contribution in [3.63, 3.8) is 0 Å². The molecule has 282 valence electrons. The van der Waals surface area contributed by atoms with Crippen LogP contribution < -0.4 is 5.32 Å². The summed E-state index contributed by atoms with van der Waals surface area (Å²) >= 11 is 0. The molecule has 48 heavy (non-hydrogen) atoms. The van der Waals surface area contributed by atoms with Crippen molar-refractivity contribution in [1.29, 1.82) is 0 Å². The summed E-state index contributed by atoms with van der Waals surface area (Å²) in [6.45, 7) is 4.51. The van der Waals surface area contributed by atoms with Crippen LogP contribution in [0.2, 0.25) is 0 Å². The number of hydrogen-bond donors (Lipinski definition) is 3. The number of unbranched alkanes of at least 4 members (excludes halogenated alkanes) is 24. The summed E-state index contributed by atoms with van der Waals surface area (Å²) in [6, 6.07) is -1.08. The molecule has 0 heterocycles. The Morgan fingerprint density at radius 3 is 1.31 bits per heavy atom. The Balaban J connectivity index is 3.99. The monoisotopic (exact) mass is 696 g/mol. The van der Waals surface area contributed by atoms with Crippen LogP contribution in [0.15, 0.2) is 36.5 Å². The lowest BCUT2D eigenvalue weighted by Gasteiger charge is -2.21. The van der Waals surface area contributed by atoms with E-state index in [-0.39, 0.29) is 12.3 Å². The molecular formula is C41H77NO5S. The summed E-state index contributed by atoms with van der Waals surface area (Å²) in [7, 11) is -4.35. The molecule has 0 saturated heterocycles. The summed E-state index contributed by atoms with van der Waals surface area (Å²) in [6.07, 6.45) is 45.6. The van der Waals surface area contributed by atoms with Crippen LogP contribution >= 0.6 is 0 Å². The summed E-state index contributed by atoms with van der Waals surface area (Å²) in [4.78, 5) is 12.5. The molecule has 3 N–H and O–H groups in total. The van der Waals surface area contributed by atoms with Crippen molar-refractivity contribution < 1.29 is 22.9 Å². The fourth-order valence-corrected chi connectivity index (χ4v) is 6.72. The summed E-state index contributed by atoms with van der Waals surface area (Å²) in [5, 5.41) is 13.2. The zero-order valence-corrected chi connectivity index (χ0v) is 32.2. The molecule has 6 nitrogen and oxygen atoms in total. The fraction of sp³-hybridized carbons (Fsp3) is 0.829. The first-order valence-corrected chi connectivity index (χ1v) is 21.8. The lowest BCUT2D eigenvalue weighted by Crippen LogP contribution is -2.46. The maximum absolute atomic E-state index is 12.5. The topological polar surface area (TPSA) is 104 Å². The smallest absolute Gasteiger partial charge is 0.267 e. The predicted octanol–water partition coefficient (Wildman–Crippen LogP) is 11.7. The number of hydrogen-bond acceptors (Lipinski definition) is 4. The van der Waals surface area contributed by atoms with Crippen molar-refractivity contribution in [3.8, 4) is 0 Å². The molecule has 2 atom stereocenters. The van der Waals surface area contributed by atoms with Gasteiger partial charge in [0.1, 0.15) is 0 Å². The number of allylic oxidation sites excluding steroid dienone is 5. The molecule has 7 heteroatoms. The normalized spacial score (nSPS) is 13.7. The van der Waals surface area contributed by atoms with Gasteiger partial charge in [0.25, 0.3) is 10.1 Å². The second kappa shape index (κ2) is 35.4. The quantitative estimate of drug-likeness (QED) is 0.0344. The number of aliphatic hydroxyl groups excluding tert-OH is 1. The zero-order chi connectivity index (χ0) is 35.4. The number of carbonyl (C=O) groups is 1. The van der Waals surface area contributed by atoms with E-state index >= 15 is 0 Å². The molecule has 0 spiro atoms. The van der Waals surface area contributed by atoms with E-state index in [0.29, 0.717) is 6.42 Å². The summed E-state index contributed by atoms with van der Waals surface area (Å²) in [5.41, 5.74) is 0. The Morgan fingerprint density at radius 1 is 0.542 bits per heavy atom. The molecule has 0 aliphatic heterocycles. The third-order valence-corrected chi connectivity index (χ3v) is 9.82. The van der Waals surface area contributed by atoms with Crippen LogP contribution in [0, 0.1) is 0 Å². The SMILES string of the molecule is CCCCCCC/C=C\CCCCCCCC(=O)NC(CS(=O)(=O)O)C(O)/C=C/CC/C=C/CCCCCCCCCCCCCCC. The van der Waals surface area contributed by atoms with Crippen molar-refractivity contribution in [2.45, 2.75) is 212 Å². The van der Waals surface area contributed by atoms with E-state index in [2.05, 4.69) is 43.5 Å². The zero-order valence-electron chi connectivity index (χ0n) is 31.4. The Labute approximate surface area is 297 Å². The molecule has 0 fully saturated rings. The molecule has 0 rings (SSSR count). The van der Waals surface area contributed by atoms with E-state index < -0.39 is 28.0 Å². The van der Waals surface area contributed by atoms with Crippen LogP contribution in [-0.2, 0) is 14.9 Å². The molecule has 0 radical (unpaired) electrons. The van der Waals surface area contributed by atoms with E-state index in [1.54, 1.807) is 0 Å². The third kappa shape index (κ3) is 35.9. The van der Waals surface area contributed by atoms with Gasteiger partial charge in [-0.25, -0.2) is 0 Å². The lowest BCUT2D eigenvalue weighted by molar-refractivity contribution is -0.122. The predicted molar refractivity (Wildman–Crippen MR) is 207 cm³/mol. The van der Waals surface area contributed by atoms with Gasteiger partial charge in [-0.1, -0.05) is 172 Å². The number of rotatable bonds is 36. The van der Waals surface area contributed by atoms with Crippen LogP contribution in [0.1, 0.15) is 200 Å². The number of nitrogens with one attached hydrogen (secondary N) is 1. The van der Waals surface area contributed by atoms with E-state index in [1.165, 1.54) is 128 Å². The van der Waals surface area contributed by atoms with Crippen molar-refractivity contribution in [3.05, 3.63) is 36.5 Å². The molecule has 0 aliphatic carbocycles. The number of carbonyl (C=O) groups excluding carboxylic acids is 1. The molecule has 0 aliphatic rings. The van der Waals surface area contributed by atoms with Gasteiger partial charge in [0.2, 0.25) is 5.91 Å². The lowest BCUT2D eigenvalue weighted by atomic mass is 10.0. The van der Waals surface area contributed by atoms with Crippen LogP contribution in [0.25, 0.3) is 0 Å². The van der Waals surface area contributed by atoms with E-state index in [9.17, 15) is 22.9 Å². The highest BCUT2D eigenvalue weighted by Gasteiger charge is 2.24. The third-order valence-electron chi connectivity index (χ3n) is 9.04. The fourth-order valence-electron chi connectivity index (χ4n) is 5.99. The molecule has 2 unspecified atom stereocenters. The minimum absolute atomic E-state index is 0.278. The number of aliphatic hydroxyl groups is 1. The molecule has 0 bridgehead atoms. The maximum Gasteiger partial charge on any atom is 0.267 e. The van der Waals surface area contributed by atoms with Gasteiger partial charge in [-0.2, -0.15) is 8.42 Å². The summed E-state index contributed by atoms with van der Waals surface area (Å²) < 4.78 is 32.4. The Bertz CT molecular complexity index is 899. The van der Waals surface area contributed by atoms with Gasteiger partial charge in [0, 0.05) is 6.42 Å². The number of amides is 1. The highest BCUT2D eigenvalue weighted by Crippen LogP contribution is 2.14. The second-order valence-electron chi connectivity index (χ2n) is 13.9. The van der Waals surface area contributed by atoms with Gasteiger partial charge in [-0.05, 0) is 57.8 Å². The van der Waals surface area contributed by atoms with Crippen LogP contribution in [0.5, 0.6) is 0 Å². The van der Waals surface area contributed by atoms with Crippen molar-refractivity contribution >= 4 is 16.0 Å². The molecule has 0 aromatic rings. The van der Waals surface area contributed by atoms with E-state index in [1.807, 2.05) is 6.08 Å². The average molecular weight is 696 g/mol. The maximum atomic E-state index is 12.5. The molecule has 1 amide bonds. The molecular weight excluding hydrogens is 619 g/mol. The standard InChI is InChI=1S/C41H77NO5S/c1-3-5-7-9-11-13-15-17-19-20-21-22-23-24-26-28-30-32-34-36-40(43)39(38-48(45,46)47)42-41(44)37-35-33-31-29-27-25-18-16-14-12-10-8-6-4-2/h16,18,26,28,34,36,39-40,43H,3-15,17,19-25,27,29-33,35,37-38H2,1-2H3,(H,42,44)(H,45,46,47)/b18-16-,28-26+,36-34+. The first-order chi connectivity index (χ1) is 23.3. The second-order valence-corrected chi connectivity index (χ2v) is 15.4. The van der Waals surface area contributed by atoms with E-state index in [4.69, 9.17) is 0 Å². The van der Waals surface area contributed by atoms with Gasteiger partial charge >= 0.3 is 0 Å². The molecule has 0 saturated carbocycles. The highest BCUT2D eigenvalue weighted by atomic mass is 32.2. The first-order valence-electron chi connectivity index (χ1n) is 20.2. The molecule has 0 aromatic heterocycles. The van der Waals surface area contributed by atoms with Crippen LogP contribution in [-0.4, -0.2) is 41.9 Å². The van der Waals surface area contributed by atoms with Crippen molar-refractivity contribution in [2.24, 2.45) is 0 Å². The Kier molecular flexibility index (Phi) is 34.3. The Hall–Kier alpha value is -1.44. The van der Waals surface area contributed by atoms with Gasteiger partial charge in [-0.3, -0.25) is 9.35 Å². The average Bonchev–Trinajstić information content (AvgIpc) is 3.05. The minimum Gasteiger partial charge on any atom is -0.387 e. The van der Waals surface area contributed by atoms with Gasteiger partial charge in [0.05, 0.1) is 17.9 Å². The van der Waals surface area contributed by atoms with Gasteiger partial charge < -0.3 is 10.4 Å². The minimum atomic E-state index is -4.35. The van der Waals surface area contributed by atoms with Gasteiger partial charge in [0.15, 0.2) is 0 Å². The Morgan fingerprint density at radius 2 is 0.896 bits per heavy atom. The largest absolute Gasteiger partial charge is 0.387 e. The van der Waals surface area contributed by atoms with Crippen LogP contribution in [0.4, 0.5) is 0 Å². The summed E-state index contributed by atoms with van der Waals surface area (Å²) in [5.74, 6) is -1.01. The highest BCUT2D eigenvalue weighted by molar-refractivity contribution is 7.85. The van der Waals surface area contributed by atoms with Crippen molar-refractivity contribution in [2.75, 3.05) is 5.75 Å². The van der Waals surface area contributed by atoms with E-state index in [0.717, 1.165) is 51.4 Å².